The molecule has 0 aliphatic carbocycles. The van der Waals surface area contributed by atoms with Crippen LogP contribution in [0.25, 0.3) is 0 Å². The average Bonchev–Trinajstić information content (AvgIpc) is 3.02. The summed E-state index contributed by atoms with van der Waals surface area (Å²) in [7, 11) is -4.18. The Morgan fingerprint density at radius 1 is 0.826 bits per heavy atom. The lowest BCUT2D eigenvalue weighted by Gasteiger charge is -2.34. The minimum atomic E-state index is -4.18. The van der Waals surface area contributed by atoms with Crippen LogP contribution in [-0.4, -0.2) is 44.3 Å². The summed E-state index contributed by atoms with van der Waals surface area (Å²) in [6.45, 7) is 9.60. The molecule has 0 unspecified atom stereocenters. The van der Waals surface area contributed by atoms with Gasteiger partial charge in [-0.2, -0.15) is 0 Å². The van der Waals surface area contributed by atoms with Crippen LogP contribution < -0.4 is 9.62 Å². The van der Waals surface area contributed by atoms with E-state index in [4.69, 9.17) is 11.6 Å². The summed E-state index contributed by atoms with van der Waals surface area (Å²) in [6, 6.07) is 27.6. The Morgan fingerprint density at radius 2 is 1.48 bits per heavy atom. The molecule has 0 fully saturated rings. The molecule has 4 rings (SSSR count). The highest BCUT2D eigenvalue weighted by Gasteiger charge is 2.35. The van der Waals surface area contributed by atoms with Gasteiger partial charge in [0.05, 0.1) is 10.6 Å². The fraction of sp³-hybridized carbons (Fsp3) is 0.297. The Morgan fingerprint density at radius 3 is 2.13 bits per heavy atom. The molecule has 242 valence electrons. The molecule has 0 bridgehead atoms. The van der Waals surface area contributed by atoms with Gasteiger partial charge >= 0.3 is 0 Å². The van der Waals surface area contributed by atoms with Crippen molar-refractivity contribution in [3.63, 3.8) is 0 Å². The Labute approximate surface area is 278 Å². The van der Waals surface area contributed by atoms with Crippen molar-refractivity contribution in [3.05, 3.63) is 130 Å². The first-order chi connectivity index (χ1) is 21.9. The maximum absolute atomic E-state index is 14.6. The number of benzene rings is 4. The molecule has 1 atom stereocenters. The van der Waals surface area contributed by atoms with Crippen LogP contribution in [0.4, 0.5) is 5.69 Å². The van der Waals surface area contributed by atoms with Gasteiger partial charge in [0, 0.05) is 24.5 Å². The van der Waals surface area contributed by atoms with Crippen molar-refractivity contribution in [2.24, 2.45) is 5.92 Å². The minimum Gasteiger partial charge on any atom is -0.354 e. The largest absolute Gasteiger partial charge is 0.354 e. The van der Waals surface area contributed by atoms with E-state index in [0.29, 0.717) is 17.3 Å². The summed E-state index contributed by atoms with van der Waals surface area (Å²) in [6.07, 6.45) is 0.241. The van der Waals surface area contributed by atoms with Crippen LogP contribution in [0.15, 0.2) is 102 Å². The molecule has 9 heteroatoms. The number of nitrogens with one attached hydrogen (secondary N) is 1. The molecule has 0 aromatic heterocycles. The van der Waals surface area contributed by atoms with E-state index in [2.05, 4.69) is 5.32 Å². The van der Waals surface area contributed by atoms with Crippen molar-refractivity contribution in [1.82, 2.24) is 10.2 Å². The van der Waals surface area contributed by atoms with E-state index in [-0.39, 0.29) is 29.7 Å². The molecule has 7 nitrogen and oxygen atoms in total. The van der Waals surface area contributed by atoms with Crippen molar-refractivity contribution in [3.8, 4) is 0 Å². The highest BCUT2D eigenvalue weighted by Crippen LogP contribution is 2.29. The number of amides is 2. The average molecular weight is 660 g/mol. The molecule has 1 N–H and O–H groups in total. The SMILES string of the molecule is Cc1ccc(S(=O)(=O)N(CC(=O)N(Cc2cccc(Cl)c2)[C@@H](Cc2ccccc2)C(=O)NCC(C)C)c2cccc(C)c2C)cc1. The zero-order valence-electron chi connectivity index (χ0n) is 27.0. The van der Waals surface area contributed by atoms with Gasteiger partial charge in [-0.1, -0.05) is 97.7 Å². The fourth-order valence-corrected chi connectivity index (χ4v) is 6.85. The summed E-state index contributed by atoms with van der Waals surface area (Å²) in [5.74, 6) is -0.636. The molecule has 2 amide bonds. The summed E-state index contributed by atoms with van der Waals surface area (Å²) >= 11 is 6.33. The van der Waals surface area contributed by atoms with Gasteiger partial charge in [-0.15, -0.1) is 0 Å². The van der Waals surface area contributed by atoms with E-state index in [1.807, 2.05) is 77.1 Å². The maximum atomic E-state index is 14.6. The van der Waals surface area contributed by atoms with Gasteiger partial charge in [-0.25, -0.2) is 8.42 Å². The van der Waals surface area contributed by atoms with E-state index in [0.717, 1.165) is 27.8 Å². The molecule has 4 aromatic carbocycles. The third-order valence-corrected chi connectivity index (χ3v) is 9.94. The van der Waals surface area contributed by atoms with E-state index in [9.17, 15) is 18.0 Å². The van der Waals surface area contributed by atoms with Crippen LogP contribution in [0.3, 0.4) is 0 Å². The summed E-state index contributed by atoms with van der Waals surface area (Å²) < 4.78 is 29.8. The monoisotopic (exact) mass is 659 g/mol. The van der Waals surface area contributed by atoms with E-state index in [1.165, 1.54) is 9.21 Å². The third kappa shape index (κ3) is 8.77. The standard InChI is InChI=1S/C37H42ClN3O4S/c1-26(2)23-39-37(43)35(22-30-12-7-6-8-13-30)40(24-31-14-10-15-32(38)21-31)36(42)25-41(34-16-9-11-28(4)29(34)5)46(44,45)33-19-17-27(3)18-20-33/h6-21,26,35H,22-25H2,1-5H3,(H,39,43)/t35-/m0/s1. The summed E-state index contributed by atoms with van der Waals surface area (Å²) in [5.41, 5.74) is 4.53. The molecule has 0 saturated carbocycles. The van der Waals surface area contributed by atoms with Crippen LogP contribution in [0.5, 0.6) is 0 Å². The van der Waals surface area contributed by atoms with Crippen LogP contribution in [-0.2, 0) is 32.6 Å². The zero-order chi connectivity index (χ0) is 33.4. The molecular formula is C37H42ClN3O4S. The minimum absolute atomic E-state index is 0.0528. The van der Waals surface area contributed by atoms with Crippen LogP contribution in [0, 0.1) is 26.7 Å². The van der Waals surface area contributed by atoms with E-state index < -0.39 is 28.5 Å². The lowest BCUT2D eigenvalue weighted by molar-refractivity contribution is -0.140. The van der Waals surface area contributed by atoms with Crippen LogP contribution in [0.1, 0.15) is 41.7 Å². The zero-order valence-corrected chi connectivity index (χ0v) is 28.6. The number of rotatable bonds is 13. The predicted molar refractivity (Wildman–Crippen MR) is 185 cm³/mol. The van der Waals surface area contributed by atoms with Crippen molar-refractivity contribution in [1.29, 1.82) is 0 Å². The van der Waals surface area contributed by atoms with Crippen molar-refractivity contribution < 1.29 is 18.0 Å². The van der Waals surface area contributed by atoms with Gasteiger partial charge in [0.2, 0.25) is 11.8 Å². The number of sulfonamides is 1. The molecule has 0 radical (unpaired) electrons. The highest BCUT2D eigenvalue weighted by molar-refractivity contribution is 7.92. The van der Waals surface area contributed by atoms with Gasteiger partial charge in [0.1, 0.15) is 12.6 Å². The second-order valence-electron chi connectivity index (χ2n) is 12.0. The number of hydrogen-bond donors (Lipinski definition) is 1. The normalized spacial score (nSPS) is 12.1. The predicted octanol–water partition coefficient (Wildman–Crippen LogP) is 6.87. The molecule has 46 heavy (non-hydrogen) atoms. The van der Waals surface area contributed by atoms with Crippen molar-refractivity contribution in [2.45, 2.75) is 58.5 Å². The highest BCUT2D eigenvalue weighted by atomic mass is 35.5. The third-order valence-electron chi connectivity index (χ3n) is 7.93. The number of hydrogen-bond acceptors (Lipinski definition) is 4. The Bertz CT molecular complexity index is 1760. The summed E-state index contributed by atoms with van der Waals surface area (Å²) in [4.78, 5) is 30.1. The van der Waals surface area contributed by atoms with E-state index in [1.54, 1.807) is 54.6 Å². The number of aryl methyl sites for hydroxylation is 2. The lowest BCUT2D eigenvalue weighted by atomic mass is 10.0. The Balaban J connectivity index is 1.83. The van der Waals surface area contributed by atoms with Gasteiger partial charge in [0.25, 0.3) is 10.0 Å². The topological polar surface area (TPSA) is 86.8 Å². The van der Waals surface area contributed by atoms with Crippen LogP contribution in [0.2, 0.25) is 5.02 Å². The smallest absolute Gasteiger partial charge is 0.264 e. The first-order valence-corrected chi connectivity index (χ1v) is 17.2. The fourth-order valence-electron chi connectivity index (χ4n) is 5.17. The number of anilines is 1. The molecule has 0 spiro atoms. The number of carbonyl (C=O) groups excluding carboxylic acids is 2. The maximum Gasteiger partial charge on any atom is 0.264 e. The number of nitrogens with zero attached hydrogens (tertiary/aromatic N) is 2. The summed E-state index contributed by atoms with van der Waals surface area (Å²) in [5, 5.41) is 3.50. The first kappa shape index (κ1) is 34.7. The van der Waals surface area contributed by atoms with Gasteiger partial charge < -0.3 is 10.2 Å². The van der Waals surface area contributed by atoms with Crippen molar-refractivity contribution >= 4 is 39.1 Å². The molecule has 0 aliphatic heterocycles. The molecule has 0 heterocycles. The van der Waals surface area contributed by atoms with Gasteiger partial charge in [-0.3, -0.25) is 13.9 Å². The van der Waals surface area contributed by atoms with Gasteiger partial charge in [0.15, 0.2) is 0 Å². The first-order valence-electron chi connectivity index (χ1n) is 15.4. The Hall–Kier alpha value is -4.14. The molecule has 4 aromatic rings. The Kier molecular flexibility index (Phi) is 11.7. The number of carbonyl (C=O) groups is 2. The molecule has 0 saturated heterocycles. The molecule has 0 aliphatic rings. The lowest BCUT2D eigenvalue weighted by Crippen LogP contribution is -2.53. The van der Waals surface area contributed by atoms with Crippen molar-refractivity contribution in [2.75, 3.05) is 17.4 Å². The van der Waals surface area contributed by atoms with Gasteiger partial charge in [-0.05, 0) is 79.3 Å². The quantitative estimate of drug-likeness (QED) is 0.170. The second-order valence-corrected chi connectivity index (χ2v) is 14.3. The second kappa shape index (κ2) is 15.4. The van der Waals surface area contributed by atoms with E-state index >= 15 is 0 Å². The molecular weight excluding hydrogens is 618 g/mol. The number of halogens is 1. The van der Waals surface area contributed by atoms with Crippen LogP contribution >= 0.6 is 11.6 Å².